The molecule has 0 bridgehead atoms. The molecule has 0 aromatic heterocycles. The van der Waals surface area contributed by atoms with Crippen molar-refractivity contribution in [2.45, 2.75) is 13.3 Å². The molecule has 1 aromatic rings. The SMILES string of the molecule is CCc1ccc(C=S)c(O)c1. The number of thiocarbonyl (C=S) groups is 1. The summed E-state index contributed by atoms with van der Waals surface area (Å²) in [5.74, 6) is 0.277. The molecule has 0 amide bonds. The Hall–Kier alpha value is -0.890. The molecule has 0 radical (unpaired) electrons. The van der Waals surface area contributed by atoms with Crippen molar-refractivity contribution in [1.29, 1.82) is 0 Å². The fourth-order valence-electron chi connectivity index (χ4n) is 0.909. The van der Waals surface area contributed by atoms with Gasteiger partial charge in [0.25, 0.3) is 0 Å². The van der Waals surface area contributed by atoms with Gasteiger partial charge in [-0.1, -0.05) is 31.3 Å². The summed E-state index contributed by atoms with van der Waals surface area (Å²) in [6.45, 7) is 2.05. The summed E-state index contributed by atoms with van der Waals surface area (Å²) in [5.41, 5.74) is 1.85. The number of phenols is 1. The van der Waals surface area contributed by atoms with E-state index < -0.39 is 0 Å². The number of aromatic hydroxyl groups is 1. The highest BCUT2D eigenvalue weighted by molar-refractivity contribution is 7.79. The van der Waals surface area contributed by atoms with Gasteiger partial charge in [0.2, 0.25) is 0 Å². The number of benzene rings is 1. The molecule has 2 heteroatoms. The van der Waals surface area contributed by atoms with Gasteiger partial charge >= 0.3 is 0 Å². The molecular weight excluding hydrogens is 156 g/mol. The molecule has 0 fully saturated rings. The highest BCUT2D eigenvalue weighted by Crippen LogP contribution is 2.17. The van der Waals surface area contributed by atoms with Gasteiger partial charge in [0, 0.05) is 10.9 Å². The molecule has 0 aliphatic carbocycles. The van der Waals surface area contributed by atoms with Gasteiger partial charge < -0.3 is 5.11 Å². The Balaban J connectivity index is 3.09. The lowest BCUT2D eigenvalue weighted by Crippen LogP contribution is -1.83. The molecule has 0 saturated carbocycles. The van der Waals surface area contributed by atoms with Crippen LogP contribution in [-0.4, -0.2) is 10.5 Å². The number of hydrogen-bond donors (Lipinski definition) is 1. The third kappa shape index (κ3) is 1.77. The molecule has 0 spiro atoms. The van der Waals surface area contributed by atoms with Gasteiger partial charge in [-0.25, -0.2) is 0 Å². The first-order chi connectivity index (χ1) is 5.27. The zero-order valence-corrected chi connectivity index (χ0v) is 7.19. The zero-order chi connectivity index (χ0) is 8.27. The fourth-order valence-corrected chi connectivity index (χ4v) is 1.11. The van der Waals surface area contributed by atoms with E-state index in [1.807, 2.05) is 19.1 Å². The lowest BCUT2D eigenvalue weighted by atomic mass is 10.1. The van der Waals surface area contributed by atoms with E-state index in [4.69, 9.17) is 12.2 Å². The number of hydrogen-bond acceptors (Lipinski definition) is 2. The monoisotopic (exact) mass is 166 g/mol. The molecule has 0 heterocycles. The Morgan fingerprint density at radius 3 is 2.73 bits per heavy atom. The summed E-state index contributed by atoms with van der Waals surface area (Å²) < 4.78 is 0. The van der Waals surface area contributed by atoms with Crippen molar-refractivity contribution < 1.29 is 5.11 Å². The Morgan fingerprint density at radius 1 is 1.55 bits per heavy atom. The maximum absolute atomic E-state index is 9.32. The fraction of sp³-hybridized carbons (Fsp3) is 0.222. The lowest BCUT2D eigenvalue weighted by Gasteiger charge is -2.00. The third-order valence-corrected chi connectivity index (χ3v) is 1.88. The zero-order valence-electron chi connectivity index (χ0n) is 6.37. The molecule has 0 unspecified atom stereocenters. The molecule has 1 rings (SSSR count). The average Bonchev–Trinajstić information content (AvgIpc) is 2.04. The molecule has 58 valence electrons. The smallest absolute Gasteiger partial charge is 0.123 e. The molecular formula is C9H10OS. The standard InChI is InChI=1S/C9H10OS/c1-2-7-3-4-8(6-11)9(10)5-7/h3-6,10H,2H2,1H3. The second-order valence-corrected chi connectivity index (χ2v) is 2.60. The van der Waals surface area contributed by atoms with E-state index in [9.17, 15) is 5.11 Å². The van der Waals surface area contributed by atoms with E-state index >= 15 is 0 Å². The quantitative estimate of drug-likeness (QED) is 0.680. The van der Waals surface area contributed by atoms with Crippen molar-refractivity contribution in [3.05, 3.63) is 29.3 Å². The maximum atomic E-state index is 9.32. The Bertz CT molecular complexity index is 268. The average molecular weight is 166 g/mol. The van der Waals surface area contributed by atoms with Crippen LogP contribution in [0, 0.1) is 0 Å². The van der Waals surface area contributed by atoms with E-state index in [1.54, 1.807) is 6.07 Å². The predicted octanol–water partition coefficient (Wildman–Crippen LogP) is 2.30. The van der Waals surface area contributed by atoms with E-state index in [-0.39, 0.29) is 5.75 Å². The van der Waals surface area contributed by atoms with Crippen LogP contribution in [-0.2, 0) is 6.42 Å². The van der Waals surface area contributed by atoms with Gasteiger partial charge in [0.1, 0.15) is 5.75 Å². The van der Waals surface area contributed by atoms with Gasteiger partial charge in [-0.15, -0.1) is 0 Å². The van der Waals surface area contributed by atoms with Gasteiger partial charge in [-0.2, -0.15) is 0 Å². The highest BCUT2D eigenvalue weighted by Gasteiger charge is 1.97. The first-order valence-corrected chi connectivity index (χ1v) is 4.02. The molecule has 1 N–H and O–H groups in total. The summed E-state index contributed by atoms with van der Waals surface area (Å²) in [6, 6.07) is 5.55. The third-order valence-electron chi connectivity index (χ3n) is 1.63. The van der Waals surface area contributed by atoms with Gasteiger partial charge in [-0.3, -0.25) is 0 Å². The molecule has 1 aromatic carbocycles. The molecule has 0 atom stereocenters. The minimum absolute atomic E-state index is 0.277. The van der Waals surface area contributed by atoms with Crippen molar-refractivity contribution in [1.82, 2.24) is 0 Å². The van der Waals surface area contributed by atoms with Crippen LogP contribution in [0.2, 0.25) is 0 Å². The molecule has 0 saturated heterocycles. The van der Waals surface area contributed by atoms with Gasteiger partial charge in [0.15, 0.2) is 0 Å². The van der Waals surface area contributed by atoms with Crippen LogP contribution in [0.4, 0.5) is 0 Å². The second kappa shape index (κ2) is 3.49. The van der Waals surface area contributed by atoms with Crippen LogP contribution in [0.15, 0.2) is 18.2 Å². The normalized spacial score (nSPS) is 9.55. The van der Waals surface area contributed by atoms with Crippen LogP contribution in [0.1, 0.15) is 18.1 Å². The second-order valence-electron chi connectivity index (χ2n) is 2.36. The molecule has 0 aliphatic rings. The van der Waals surface area contributed by atoms with Gasteiger partial charge in [0.05, 0.1) is 0 Å². The van der Waals surface area contributed by atoms with Crippen LogP contribution in [0.25, 0.3) is 0 Å². The predicted molar refractivity (Wildman–Crippen MR) is 50.2 cm³/mol. The van der Waals surface area contributed by atoms with Crippen molar-refractivity contribution >= 4 is 17.6 Å². The maximum Gasteiger partial charge on any atom is 0.123 e. The summed E-state index contributed by atoms with van der Waals surface area (Å²) in [6.07, 6.45) is 0.936. The van der Waals surface area contributed by atoms with E-state index in [0.717, 1.165) is 17.5 Å². The van der Waals surface area contributed by atoms with Crippen LogP contribution < -0.4 is 0 Å². The Morgan fingerprint density at radius 2 is 2.27 bits per heavy atom. The number of phenolic OH excluding ortho intramolecular Hbond substituents is 1. The van der Waals surface area contributed by atoms with Crippen LogP contribution >= 0.6 is 12.2 Å². The summed E-state index contributed by atoms with van der Waals surface area (Å²) in [7, 11) is 0. The summed E-state index contributed by atoms with van der Waals surface area (Å²) in [5, 5.41) is 10.8. The van der Waals surface area contributed by atoms with E-state index in [1.165, 1.54) is 5.37 Å². The summed E-state index contributed by atoms with van der Waals surface area (Å²) >= 11 is 4.70. The van der Waals surface area contributed by atoms with Crippen LogP contribution in [0.5, 0.6) is 5.75 Å². The van der Waals surface area contributed by atoms with Gasteiger partial charge in [-0.05, 0) is 18.1 Å². The largest absolute Gasteiger partial charge is 0.507 e. The topological polar surface area (TPSA) is 20.2 Å². The lowest BCUT2D eigenvalue weighted by molar-refractivity contribution is 0.474. The van der Waals surface area contributed by atoms with Crippen molar-refractivity contribution in [2.24, 2.45) is 0 Å². The highest BCUT2D eigenvalue weighted by atomic mass is 32.1. The van der Waals surface area contributed by atoms with Crippen molar-refractivity contribution in [3.63, 3.8) is 0 Å². The van der Waals surface area contributed by atoms with Crippen molar-refractivity contribution in [3.8, 4) is 5.75 Å². The first-order valence-electron chi connectivity index (χ1n) is 3.55. The summed E-state index contributed by atoms with van der Waals surface area (Å²) in [4.78, 5) is 0. The minimum atomic E-state index is 0.277. The van der Waals surface area contributed by atoms with E-state index in [2.05, 4.69) is 0 Å². The van der Waals surface area contributed by atoms with Crippen molar-refractivity contribution in [2.75, 3.05) is 0 Å². The number of aryl methyl sites for hydroxylation is 1. The molecule has 11 heavy (non-hydrogen) atoms. The molecule has 0 aliphatic heterocycles. The first kappa shape index (κ1) is 8.21. The number of rotatable bonds is 2. The van der Waals surface area contributed by atoms with Crippen LogP contribution in [0.3, 0.4) is 0 Å². The Labute approximate surface area is 71.7 Å². The molecule has 1 nitrogen and oxygen atoms in total. The minimum Gasteiger partial charge on any atom is -0.507 e. The Kier molecular flexibility index (Phi) is 2.60. The van der Waals surface area contributed by atoms with E-state index in [0.29, 0.717) is 0 Å².